The van der Waals surface area contributed by atoms with Crippen molar-refractivity contribution in [1.82, 2.24) is 0 Å². The lowest BCUT2D eigenvalue weighted by Crippen LogP contribution is -2.04. The molecule has 1 heterocycles. The summed E-state index contributed by atoms with van der Waals surface area (Å²) in [6.45, 7) is 0.198. The molecule has 3 rings (SSSR count). The maximum atomic E-state index is 11.7. The Kier molecular flexibility index (Phi) is 3.98. The normalized spacial score (nSPS) is 10.3. The summed E-state index contributed by atoms with van der Waals surface area (Å²) in [6.07, 6.45) is 0. The molecular weight excluding hydrogens is 294 g/mol. The zero-order valence-corrected chi connectivity index (χ0v) is 12.4. The number of ether oxygens (including phenoxy) is 2. The van der Waals surface area contributed by atoms with Crippen LogP contribution in [0.5, 0.6) is 11.5 Å². The average molecular weight is 307 g/mol. The van der Waals surface area contributed by atoms with Crippen LogP contribution in [0.4, 0.5) is 0 Å². The zero-order chi connectivity index (χ0) is 16.2. The molecule has 0 saturated carbocycles. The Bertz CT molecular complexity index is 953. The smallest absolute Gasteiger partial charge is 0.336 e. The van der Waals surface area contributed by atoms with Crippen LogP contribution >= 0.6 is 0 Å². The Morgan fingerprint density at radius 1 is 1.13 bits per heavy atom. The van der Waals surface area contributed by atoms with Gasteiger partial charge in [-0.25, -0.2) is 4.79 Å². The maximum Gasteiger partial charge on any atom is 0.336 e. The highest BCUT2D eigenvalue weighted by molar-refractivity contribution is 5.81. The Hall–Kier alpha value is -3.26. The SMILES string of the molecule is COc1ccc2c(COc3cccc(C#N)c3)cc(=O)oc2c1. The fraction of sp³-hybridized carbons (Fsp3) is 0.111. The molecule has 5 nitrogen and oxygen atoms in total. The lowest BCUT2D eigenvalue weighted by Gasteiger charge is -2.09. The largest absolute Gasteiger partial charge is 0.497 e. The van der Waals surface area contributed by atoms with Gasteiger partial charge in [0.1, 0.15) is 23.7 Å². The van der Waals surface area contributed by atoms with E-state index in [1.165, 1.54) is 6.07 Å². The second-order valence-electron chi connectivity index (χ2n) is 4.88. The molecule has 23 heavy (non-hydrogen) atoms. The monoisotopic (exact) mass is 307 g/mol. The summed E-state index contributed by atoms with van der Waals surface area (Å²) in [7, 11) is 1.55. The van der Waals surface area contributed by atoms with Gasteiger partial charge < -0.3 is 13.9 Å². The number of fused-ring (bicyclic) bond motifs is 1. The lowest BCUT2D eigenvalue weighted by molar-refractivity contribution is 0.306. The fourth-order valence-electron chi connectivity index (χ4n) is 2.27. The number of nitriles is 1. The third kappa shape index (κ3) is 3.16. The van der Waals surface area contributed by atoms with Gasteiger partial charge in [0.15, 0.2) is 0 Å². The van der Waals surface area contributed by atoms with Gasteiger partial charge >= 0.3 is 5.63 Å². The van der Waals surface area contributed by atoms with Crippen LogP contribution in [0.25, 0.3) is 11.0 Å². The van der Waals surface area contributed by atoms with Crippen LogP contribution in [0, 0.1) is 11.3 Å². The number of hydrogen-bond acceptors (Lipinski definition) is 5. The first-order valence-corrected chi connectivity index (χ1v) is 6.93. The molecular formula is C18H13NO4. The number of rotatable bonds is 4. The molecule has 0 amide bonds. The van der Waals surface area contributed by atoms with Crippen molar-refractivity contribution in [3.05, 3.63) is 70.1 Å². The molecule has 0 fully saturated rings. The van der Waals surface area contributed by atoms with E-state index in [-0.39, 0.29) is 6.61 Å². The van der Waals surface area contributed by atoms with Crippen molar-refractivity contribution in [2.24, 2.45) is 0 Å². The molecule has 0 N–H and O–H groups in total. The van der Waals surface area contributed by atoms with Gasteiger partial charge in [0, 0.05) is 23.1 Å². The van der Waals surface area contributed by atoms with E-state index in [0.717, 1.165) is 5.39 Å². The molecule has 2 aromatic carbocycles. The molecule has 0 bridgehead atoms. The van der Waals surface area contributed by atoms with E-state index in [4.69, 9.17) is 19.2 Å². The molecule has 3 aromatic rings. The van der Waals surface area contributed by atoms with Gasteiger partial charge in [-0.15, -0.1) is 0 Å². The molecule has 0 radical (unpaired) electrons. The summed E-state index contributed by atoms with van der Waals surface area (Å²) in [6, 6.07) is 15.6. The number of methoxy groups -OCH3 is 1. The molecule has 0 saturated heterocycles. The van der Waals surface area contributed by atoms with Crippen molar-refractivity contribution >= 4 is 11.0 Å². The van der Waals surface area contributed by atoms with Crippen LogP contribution in [0.2, 0.25) is 0 Å². The minimum atomic E-state index is -0.449. The predicted octanol–water partition coefficient (Wildman–Crippen LogP) is 3.25. The molecule has 0 aliphatic carbocycles. The van der Waals surface area contributed by atoms with Gasteiger partial charge in [0.05, 0.1) is 18.7 Å². The second kappa shape index (κ2) is 6.24. The van der Waals surface area contributed by atoms with Gasteiger partial charge in [0.25, 0.3) is 0 Å². The Labute approximate surface area is 132 Å². The highest BCUT2D eigenvalue weighted by atomic mass is 16.5. The van der Waals surface area contributed by atoms with Crippen molar-refractivity contribution in [2.75, 3.05) is 7.11 Å². The van der Waals surface area contributed by atoms with Gasteiger partial charge in [-0.05, 0) is 30.3 Å². The number of hydrogen-bond donors (Lipinski definition) is 0. The molecule has 0 aliphatic heterocycles. The van der Waals surface area contributed by atoms with Crippen molar-refractivity contribution in [3.8, 4) is 17.6 Å². The first kappa shape index (κ1) is 14.7. The van der Waals surface area contributed by atoms with Gasteiger partial charge in [-0.2, -0.15) is 5.26 Å². The van der Waals surface area contributed by atoms with Crippen LogP contribution < -0.4 is 15.1 Å². The summed E-state index contributed by atoms with van der Waals surface area (Å²) >= 11 is 0. The van der Waals surface area contributed by atoms with E-state index in [2.05, 4.69) is 6.07 Å². The molecule has 0 spiro atoms. The summed E-state index contributed by atoms with van der Waals surface area (Å²) < 4.78 is 16.0. The minimum absolute atomic E-state index is 0.198. The van der Waals surface area contributed by atoms with Crippen LogP contribution in [0.15, 0.2) is 57.7 Å². The lowest BCUT2D eigenvalue weighted by atomic mass is 10.1. The third-order valence-electron chi connectivity index (χ3n) is 3.39. The first-order valence-electron chi connectivity index (χ1n) is 6.93. The van der Waals surface area contributed by atoms with E-state index in [9.17, 15) is 4.79 Å². The topological polar surface area (TPSA) is 72.5 Å². The van der Waals surface area contributed by atoms with E-state index >= 15 is 0 Å². The molecule has 114 valence electrons. The third-order valence-corrected chi connectivity index (χ3v) is 3.39. The number of benzene rings is 2. The molecule has 0 unspecified atom stereocenters. The molecule has 1 aromatic heterocycles. The molecule has 5 heteroatoms. The van der Waals surface area contributed by atoms with Crippen molar-refractivity contribution < 1.29 is 13.9 Å². The Morgan fingerprint density at radius 3 is 2.78 bits per heavy atom. The van der Waals surface area contributed by atoms with E-state index in [1.807, 2.05) is 6.07 Å². The van der Waals surface area contributed by atoms with E-state index < -0.39 is 5.63 Å². The van der Waals surface area contributed by atoms with Crippen LogP contribution in [0.3, 0.4) is 0 Å². The maximum absolute atomic E-state index is 11.7. The standard InChI is InChI=1S/C18H13NO4/c1-21-14-5-6-16-13(8-18(20)23-17(16)9-14)11-22-15-4-2-3-12(7-15)10-19/h2-9H,11H2,1H3. The van der Waals surface area contributed by atoms with Gasteiger partial charge in [-0.3, -0.25) is 0 Å². The molecule has 0 aliphatic rings. The fourth-order valence-corrected chi connectivity index (χ4v) is 2.27. The first-order chi connectivity index (χ1) is 11.2. The van der Waals surface area contributed by atoms with Crippen molar-refractivity contribution in [2.45, 2.75) is 6.61 Å². The van der Waals surface area contributed by atoms with Crippen LogP contribution in [-0.4, -0.2) is 7.11 Å². The molecule has 0 atom stereocenters. The van der Waals surface area contributed by atoms with Crippen LogP contribution in [-0.2, 0) is 6.61 Å². The number of nitrogens with zero attached hydrogens (tertiary/aromatic N) is 1. The van der Waals surface area contributed by atoms with E-state index in [0.29, 0.717) is 28.2 Å². The summed E-state index contributed by atoms with van der Waals surface area (Å²) in [4.78, 5) is 11.7. The quantitative estimate of drug-likeness (QED) is 0.692. The summed E-state index contributed by atoms with van der Waals surface area (Å²) in [5.41, 5.74) is 1.22. The van der Waals surface area contributed by atoms with Crippen molar-refractivity contribution in [1.29, 1.82) is 5.26 Å². The minimum Gasteiger partial charge on any atom is -0.497 e. The highest BCUT2D eigenvalue weighted by Gasteiger charge is 2.08. The summed E-state index contributed by atoms with van der Waals surface area (Å²) in [5.74, 6) is 1.18. The average Bonchev–Trinajstić information content (AvgIpc) is 2.59. The summed E-state index contributed by atoms with van der Waals surface area (Å²) in [5, 5.41) is 9.68. The van der Waals surface area contributed by atoms with Gasteiger partial charge in [-0.1, -0.05) is 6.07 Å². The Balaban J connectivity index is 1.93. The van der Waals surface area contributed by atoms with Gasteiger partial charge in [0.2, 0.25) is 0 Å². The zero-order valence-electron chi connectivity index (χ0n) is 12.4. The second-order valence-corrected chi connectivity index (χ2v) is 4.88. The van der Waals surface area contributed by atoms with Crippen molar-refractivity contribution in [3.63, 3.8) is 0 Å². The predicted molar refractivity (Wildman–Crippen MR) is 84.5 cm³/mol. The highest BCUT2D eigenvalue weighted by Crippen LogP contribution is 2.23. The van der Waals surface area contributed by atoms with E-state index in [1.54, 1.807) is 43.5 Å². The van der Waals surface area contributed by atoms with Crippen LogP contribution in [0.1, 0.15) is 11.1 Å². The Morgan fingerprint density at radius 2 is 2.00 bits per heavy atom.